The topological polar surface area (TPSA) is 75.4 Å². The minimum absolute atomic E-state index is 0.202. The second-order valence-corrected chi connectivity index (χ2v) is 7.44. The van der Waals surface area contributed by atoms with Gasteiger partial charge in [-0.2, -0.15) is 5.10 Å². The van der Waals surface area contributed by atoms with Gasteiger partial charge in [-0.15, -0.1) is 0 Å². The van der Waals surface area contributed by atoms with E-state index in [1.165, 1.54) is 10.6 Å². The maximum atomic E-state index is 11.6. The molecule has 1 aliphatic rings. The van der Waals surface area contributed by atoms with Crippen molar-refractivity contribution < 1.29 is 13.5 Å². The minimum Gasteiger partial charge on any atom is -0.387 e. The highest BCUT2D eigenvalue weighted by molar-refractivity contribution is 7.88. The van der Waals surface area contributed by atoms with Crippen LogP contribution in [0.25, 0.3) is 0 Å². The van der Waals surface area contributed by atoms with Crippen molar-refractivity contribution in [2.75, 3.05) is 19.3 Å². The highest BCUT2D eigenvalue weighted by Crippen LogP contribution is 2.28. The third kappa shape index (κ3) is 3.59. The monoisotopic (exact) mass is 301 g/mol. The molecule has 0 bridgehead atoms. The summed E-state index contributed by atoms with van der Waals surface area (Å²) in [6, 6.07) is 1.82. The van der Waals surface area contributed by atoms with Gasteiger partial charge in [0.25, 0.3) is 0 Å². The van der Waals surface area contributed by atoms with Gasteiger partial charge in [-0.3, -0.25) is 4.68 Å². The van der Waals surface area contributed by atoms with Crippen molar-refractivity contribution in [1.29, 1.82) is 0 Å². The Morgan fingerprint density at radius 1 is 1.55 bits per heavy atom. The van der Waals surface area contributed by atoms with E-state index in [0.29, 0.717) is 19.5 Å². The van der Waals surface area contributed by atoms with Crippen LogP contribution < -0.4 is 0 Å². The van der Waals surface area contributed by atoms with E-state index in [9.17, 15) is 13.5 Å². The van der Waals surface area contributed by atoms with E-state index in [1.54, 1.807) is 10.9 Å². The highest BCUT2D eigenvalue weighted by Gasteiger charge is 2.28. The van der Waals surface area contributed by atoms with E-state index in [4.69, 9.17) is 0 Å². The predicted octanol–water partition coefficient (Wildman–Crippen LogP) is 0.998. The average Bonchev–Trinajstić information content (AvgIpc) is 2.86. The van der Waals surface area contributed by atoms with Gasteiger partial charge in [0.05, 0.1) is 18.1 Å². The smallest absolute Gasteiger partial charge is 0.211 e. The summed E-state index contributed by atoms with van der Waals surface area (Å²) >= 11 is 0. The molecule has 1 aromatic rings. The summed E-state index contributed by atoms with van der Waals surface area (Å²) in [5.41, 5.74) is 0.809. The van der Waals surface area contributed by atoms with Crippen molar-refractivity contribution >= 4 is 10.0 Å². The average molecular weight is 301 g/mol. The van der Waals surface area contributed by atoms with Crippen molar-refractivity contribution in [3.8, 4) is 0 Å². The summed E-state index contributed by atoms with van der Waals surface area (Å²) in [5, 5.41) is 14.5. The molecular formula is C13H23N3O3S. The first-order valence-corrected chi connectivity index (χ1v) is 8.91. The minimum atomic E-state index is -3.13. The summed E-state index contributed by atoms with van der Waals surface area (Å²) in [4.78, 5) is 0. The molecule has 2 rings (SSSR count). The molecule has 2 heterocycles. The number of hydrogen-bond acceptors (Lipinski definition) is 4. The lowest BCUT2D eigenvalue weighted by Crippen LogP contribution is -2.39. The van der Waals surface area contributed by atoms with E-state index in [1.807, 2.05) is 13.0 Å². The van der Waals surface area contributed by atoms with Crippen LogP contribution in [0.4, 0.5) is 0 Å². The zero-order valence-electron chi connectivity index (χ0n) is 12.1. The van der Waals surface area contributed by atoms with Gasteiger partial charge in [0.15, 0.2) is 0 Å². The normalized spacial score (nSPS) is 22.9. The van der Waals surface area contributed by atoms with Crippen LogP contribution in [-0.2, 0) is 16.6 Å². The molecule has 1 N–H and O–H groups in total. The molecule has 20 heavy (non-hydrogen) atoms. The first-order chi connectivity index (χ1) is 9.41. The van der Waals surface area contributed by atoms with Crippen molar-refractivity contribution in [3.63, 3.8) is 0 Å². The molecule has 0 aromatic carbocycles. The van der Waals surface area contributed by atoms with Crippen LogP contribution >= 0.6 is 0 Å². The number of aliphatic hydroxyl groups excluding tert-OH is 1. The molecule has 0 saturated carbocycles. The van der Waals surface area contributed by atoms with Crippen LogP contribution in [-0.4, -0.2) is 47.0 Å². The van der Waals surface area contributed by atoms with E-state index < -0.39 is 16.1 Å². The second kappa shape index (κ2) is 6.24. The molecule has 1 saturated heterocycles. The van der Waals surface area contributed by atoms with Crippen LogP contribution in [0.1, 0.15) is 38.0 Å². The number of aliphatic hydroxyl groups is 1. The molecular weight excluding hydrogens is 278 g/mol. The van der Waals surface area contributed by atoms with Crippen molar-refractivity contribution in [3.05, 3.63) is 18.0 Å². The maximum Gasteiger partial charge on any atom is 0.211 e. The standard InChI is InChI=1S/C13H23N3O3S/c1-3-16-12(6-7-14-16)13(17)9-11-5-4-8-15(10-11)20(2,18)19/h6-7,11,13,17H,3-5,8-10H2,1-2H3. The molecule has 6 nitrogen and oxygen atoms in total. The summed E-state index contributed by atoms with van der Waals surface area (Å²) in [6.07, 6.45) is 4.75. The summed E-state index contributed by atoms with van der Waals surface area (Å²) < 4.78 is 26.5. The van der Waals surface area contributed by atoms with Gasteiger partial charge in [0.1, 0.15) is 0 Å². The van der Waals surface area contributed by atoms with E-state index in [-0.39, 0.29) is 5.92 Å². The fraction of sp³-hybridized carbons (Fsp3) is 0.769. The fourth-order valence-corrected chi connectivity index (χ4v) is 3.79. The van der Waals surface area contributed by atoms with Gasteiger partial charge >= 0.3 is 0 Å². The predicted molar refractivity (Wildman–Crippen MR) is 76.6 cm³/mol. The number of aryl methyl sites for hydroxylation is 1. The van der Waals surface area contributed by atoms with E-state index in [0.717, 1.165) is 25.1 Å². The highest BCUT2D eigenvalue weighted by atomic mass is 32.2. The molecule has 0 radical (unpaired) electrons. The Kier molecular flexibility index (Phi) is 4.82. The molecule has 1 aliphatic heterocycles. The Balaban J connectivity index is 1.99. The first-order valence-electron chi connectivity index (χ1n) is 7.06. The third-order valence-corrected chi connectivity index (χ3v) is 5.17. The zero-order valence-corrected chi connectivity index (χ0v) is 12.9. The summed E-state index contributed by atoms with van der Waals surface area (Å²) in [6.45, 7) is 3.81. The Morgan fingerprint density at radius 2 is 2.30 bits per heavy atom. The quantitative estimate of drug-likeness (QED) is 0.880. The molecule has 1 aromatic heterocycles. The Bertz CT molecular complexity index is 541. The van der Waals surface area contributed by atoms with E-state index in [2.05, 4.69) is 5.10 Å². The van der Waals surface area contributed by atoms with Crippen molar-refractivity contribution in [2.45, 2.75) is 38.8 Å². The van der Waals surface area contributed by atoms with Crippen LogP contribution in [0.15, 0.2) is 12.3 Å². The number of sulfonamides is 1. The third-order valence-electron chi connectivity index (χ3n) is 3.90. The Morgan fingerprint density at radius 3 is 2.95 bits per heavy atom. The van der Waals surface area contributed by atoms with Gasteiger partial charge in [0.2, 0.25) is 10.0 Å². The molecule has 0 aliphatic carbocycles. The largest absolute Gasteiger partial charge is 0.387 e. The molecule has 0 amide bonds. The molecule has 0 spiro atoms. The van der Waals surface area contributed by atoms with Gasteiger partial charge in [-0.25, -0.2) is 12.7 Å². The molecule has 1 fully saturated rings. The van der Waals surface area contributed by atoms with Crippen molar-refractivity contribution in [1.82, 2.24) is 14.1 Å². The van der Waals surface area contributed by atoms with Gasteiger partial charge in [-0.05, 0) is 38.2 Å². The SMILES string of the molecule is CCn1nccc1C(O)CC1CCCN(S(C)(=O)=O)C1. The lowest BCUT2D eigenvalue weighted by Gasteiger charge is -2.32. The lowest BCUT2D eigenvalue weighted by molar-refractivity contribution is 0.115. The summed E-state index contributed by atoms with van der Waals surface area (Å²) in [7, 11) is -3.13. The van der Waals surface area contributed by atoms with Gasteiger partial charge in [0, 0.05) is 25.8 Å². The fourth-order valence-electron chi connectivity index (χ4n) is 2.85. The lowest BCUT2D eigenvalue weighted by atomic mass is 9.92. The maximum absolute atomic E-state index is 11.6. The Labute approximate surface area is 120 Å². The first kappa shape index (κ1) is 15.5. The Hall–Kier alpha value is -0.920. The van der Waals surface area contributed by atoms with Gasteiger partial charge < -0.3 is 5.11 Å². The summed E-state index contributed by atoms with van der Waals surface area (Å²) in [5.74, 6) is 0.202. The number of aromatic nitrogens is 2. The number of rotatable bonds is 5. The number of piperidine rings is 1. The second-order valence-electron chi connectivity index (χ2n) is 5.45. The van der Waals surface area contributed by atoms with Gasteiger partial charge in [-0.1, -0.05) is 0 Å². The molecule has 2 atom stereocenters. The van der Waals surface area contributed by atoms with Crippen LogP contribution in [0, 0.1) is 5.92 Å². The molecule has 2 unspecified atom stereocenters. The van der Waals surface area contributed by atoms with Crippen LogP contribution in [0.2, 0.25) is 0 Å². The number of hydrogen-bond donors (Lipinski definition) is 1. The molecule has 114 valence electrons. The van der Waals surface area contributed by atoms with Crippen LogP contribution in [0.3, 0.4) is 0 Å². The number of nitrogens with zero attached hydrogens (tertiary/aromatic N) is 3. The van der Waals surface area contributed by atoms with Crippen LogP contribution in [0.5, 0.6) is 0 Å². The molecule has 7 heteroatoms. The zero-order chi connectivity index (χ0) is 14.8. The van der Waals surface area contributed by atoms with E-state index >= 15 is 0 Å². The van der Waals surface area contributed by atoms with Crippen molar-refractivity contribution in [2.24, 2.45) is 5.92 Å².